The van der Waals surface area contributed by atoms with Crippen LogP contribution in [0.2, 0.25) is 0 Å². The summed E-state index contributed by atoms with van der Waals surface area (Å²) in [6.07, 6.45) is 4.70. The molecule has 5 heteroatoms. The van der Waals surface area contributed by atoms with Crippen molar-refractivity contribution in [2.45, 2.75) is 71.1 Å². The first-order valence-electron chi connectivity index (χ1n) is 7.09. The third kappa shape index (κ3) is 4.82. The Balaban J connectivity index is 2.55. The maximum absolute atomic E-state index is 12.2. The Labute approximate surface area is 114 Å². The van der Waals surface area contributed by atoms with Gasteiger partial charge in [-0.05, 0) is 33.6 Å². The first-order chi connectivity index (χ1) is 8.93. The van der Waals surface area contributed by atoms with E-state index < -0.39 is 12.1 Å². The van der Waals surface area contributed by atoms with Gasteiger partial charge in [0.25, 0.3) is 0 Å². The van der Waals surface area contributed by atoms with E-state index in [1.807, 2.05) is 18.7 Å². The highest BCUT2D eigenvalue weighted by Gasteiger charge is 2.28. The van der Waals surface area contributed by atoms with E-state index in [4.69, 9.17) is 9.84 Å². The van der Waals surface area contributed by atoms with Crippen LogP contribution in [0.25, 0.3) is 0 Å². The number of nitrogens with zero attached hydrogens (tertiary/aromatic N) is 1. The lowest BCUT2D eigenvalue weighted by molar-refractivity contribution is -0.154. The number of rotatable bonds is 6. The van der Waals surface area contributed by atoms with E-state index in [2.05, 4.69) is 0 Å². The van der Waals surface area contributed by atoms with Crippen molar-refractivity contribution in [3.05, 3.63) is 0 Å². The maximum atomic E-state index is 12.2. The third-order valence-electron chi connectivity index (χ3n) is 3.62. The fraction of sp³-hybridized carbons (Fsp3) is 0.857. The number of hydrogen-bond acceptors (Lipinski definition) is 3. The van der Waals surface area contributed by atoms with Crippen molar-refractivity contribution in [1.82, 2.24) is 4.90 Å². The van der Waals surface area contributed by atoms with E-state index in [9.17, 15) is 9.59 Å². The molecule has 0 aliphatic heterocycles. The molecule has 1 fully saturated rings. The molecule has 0 aromatic heterocycles. The molecule has 1 saturated carbocycles. The van der Waals surface area contributed by atoms with Crippen molar-refractivity contribution in [2.24, 2.45) is 0 Å². The van der Waals surface area contributed by atoms with Gasteiger partial charge < -0.3 is 14.7 Å². The Bertz CT molecular complexity index is 311. The smallest absolute Gasteiger partial charge is 0.332 e. The quantitative estimate of drug-likeness (QED) is 0.803. The van der Waals surface area contributed by atoms with Gasteiger partial charge in [-0.1, -0.05) is 19.3 Å². The van der Waals surface area contributed by atoms with Gasteiger partial charge in [0.15, 0.2) is 6.10 Å². The molecule has 1 atom stereocenters. The van der Waals surface area contributed by atoms with Crippen LogP contribution >= 0.6 is 0 Å². The van der Waals surface area contributed by atoms with Gasteiger partial charge in [-0.2, -0.15) is 0 Å². The Morgan fingerprint density at radius 1 is 1.21 bits per heavy atom. The minimum Gasteiger partial charge on any atom is -0.479 e. The van der Waals surface area contributed by atoms with Gasteiger partial charge in [-0.15, -0.1) is 0 Å². The van der Waals surface area contributed by atoms with Gasteiger partial charge in [0.1, 0.15) is 6.61 Å². The van der Waals surface area contributed by atoms with E-state index in [1.54, 1.807) is 0 Å². The summed E-state index contributed by atoms with van der Waals surface area (Å²) < 4.78 is 5.10. The highest BCUT2D eigenvalue weighted by Crippen LogP contribution is 2.24. The zero-order valence-electron chi connectivity index (χ0n) is 12.1. The molecule has 0 aromatic rings. The molecule has 5 nitrogen and oxygen atoms in total. The van der Waals surface area contributed by atoms with Crippen LogP contribution in [0.3, 0.4) is 0 Å². The van der Waals surface area contributed by atoms with Crippen molar-refractivity contribution in [3.8, 4) is 0 Å². The van der Waals surface area contributed by atoms with Crippen LogP contribution < -0.4 is 0 Å². The number of carboxylic acids is 1. The van der Waals surface area contributed by atoms with Crippen molar-refractivity contribution < 1.29 is 19.4 Å². The summed E-state index contributed by atoms with van der Waals surface area (Å²) in [5.41, 5.74) is 0. The predicted molar refractivity (Wildman–Crippen MR) is 71.9 cm³/mol. The van der Waals surface area contributed by atoms with Crippen LogP contribution in [-0.4, -0.2) is 46.7 Å². The summed E-state index contributed by atoms with van der Waals surface area (Å²) in [4.78, 5) is 24.8. The van der Waals surface area contributed by atoms with Gasteiger partial charge >= 0.3 is 5.97 Å². The molecule has 1 N–H and O–H groups in total. The normalized spacial score (nSPS) is 18.3. The number of amides is 1. The van der Waals surface area contributed by atoms with Crippen molar-refractivity contribution >= 4 is 11.9 Å². The summed E-state index contributed by atoms with van der Waals surface area (Å²) in [6, 6.07) is 0.407. The molecule has 0 radical (unpaired) electrons. The second-order valence-corrected chi connectivity index (χ2v) is 5.48. The Morgan fingerprint density at radius 3 is 2.26 bits per heavy atom. The molecule has 1 aliphatic rings. The van der Waals surface area contributed by atoms with Gasteiger partial charge in [0.2, 0.25) is 5.91 Å². The van der Waals surface area contributed by atoms with Gasteiger partial charge in [0, 0.05) is 12.1 Å². The molecule has 1 amide bonds. The van der Waals surface area contributed by atoms with Crippen LogP contribution in [0.5, 0.6) is 0 Å². The zero-order valence-corrected chi connectivity index (χ0v) is 12.1. The van der Waals surface area contributed by atoms with Gasteiger partial charge in [-0.3, -0.25) is 4.79 Å². The Hall–Kier alpha value is -1.10. The average molecular weight is 271 g/mol. The third-order valence-corrected chi connectivity index (χ3v) is 3.62. The van der Waals surface area contributed by atoms with E-state index in [0.29, 0.717) is 0 Å². The summed E-state index contributed by atoms with van der Waals surface area (Å²) >= 11 is 0. The first-order valence-corrected chi connectivity index (χ1v) is 7.09. The zero-order chi connectivity index (χ0) is 14.4. The van der Waals surface area contributed by atoms with Gasteiger partial charge in [-0.25, -0.2) is 4.79 Å². The average Bonchev–Trinajstić information content (AvgIpc) is 2.36. The van der Waals surface area contributed by atoms with E-state index in [0.717, 1.165) is 25.7 Å². The fourth-order valence-corrected chi connectivity index (χ4v) is 2.61. The lowest BCUT2D eigenvalue weighted by atomic mass is 9.93. The summed E-state index contributed by atoms with van der Waals surface area (Å²) in [5.74, 6) is -1.14. The Morgan fingerprint density at radius 2 is 1.79 bits per heavy atom. The molecule has 0 unspecified atom stereocenters. The summed E-state index contributed by atoms with van der Waals surface area (Å²) in [5, 5.41) is 8.74. The molecule has 0 bridgehead atoms. The molecule has 0 aromatic carbocycles. The van der Waals surface area contributed by atoms with Crippen LogP contribution in [0.1, 0.15) is 52.9 Å². The molecule has 0 heterocycles. The van der Waals surface area contributed by atoms with Crippen molar-refractivity contribution in [2.75, 3.05) is 6.61 Å². The van der Waals surface area contributed by atoms with Crippen molar-refractivity contribution in [1.29, 1.82) is 0 Å². The number of hydrogen-bond donors (Lipinski definition) is 1. The molecule has 1 aliphatic carbocycles. The Kier molecular flexibility index (Phi) is 6.28. The second-order valence-electron chi connectivity index (χ2n) is 5.48. The molecule has 1 rings (SSSR count). The molecule has 0 spiro atoms. The van der Waals surface area contributed by atoms with Crippen LogP contribution in [0, 0.1) is 0 Å². The highest BCUT2D eigenvalue weighted by molar-refractivity contribution is 5.79. The minimum atomic E-state index is -1.04. The van der Waals surface area contributed by atoms with Crippen LogP contribution in [-0.2, 0) is 14.3 Å². The number of carbonyl (C=O) groups excluding carboxylic acids is 1. The highest BCUT2D eigenvalue weighted by atomic mass is 16.5. The molecule has 19 heavy (non-hydrogen) atoms. The summed E-state index contributed by atoms with van der Waals surface area (Å²) in [7, 11) is 0. The molecule has 0 saturated heterocycles. The standard InChI is InChI=1S/C14H25NO4/c1-10(2)15(12-7-5-4-6-8-12)13(16)9-19-11(3)14(17)18/h10-12H,4-9H2,1-3H3,(H,17,18)/t11-/m0/s1. The van der Waals surface area contributed by atoms with E-state index >= 15 is 0 Å². The lowest BCUT2D eigenvalue weighted by Gasteiger charge is -2.37. The van der Waals surface area contributed by atoms with Crippen molar-refractivity contribution in [3.63, 3.8) is 0 Å². The lowest BCUT2D eigenvalue weighted by Crippen LogP contribution is -2.47. The number of aliphatic carboxylic acids is 1. The first kappa shape index (κ1) is 16.0. The van der Waals surface area contributed by atoms with Gasteiger partial charge in [0.05, 0.1) is 0 Å². The van der Waals surface area contributed by atoms with Crippen LogP contribution in [0.15, 0.2) is 0 Å². The molecular formula is C14H25NO4. The fourth-order valence-electron chi connectivity index (χ4n) is 2.61. The van der Waals surface area contributed by atoms with E-state index in [-0.39, 0.29) is 24.6 Å². The summed E-state index contributed by atoms with van der Waals surface area (Å²) in [6.45, 7) is 5.28. The largest absolute Gasteiger partial charge is 0.479 e. The number of carbonyl (C=O) groups is 2. The predicted octanol–water partition coefficient (Wildman–Crippen LogP) is 2.05. The number of carboxylic acid groups (broad SMARTS) is 1. The van der Waals surface area contributed by atoms with Crippen LogP contribution in [0.4, 0.5) is 0 Å². The monoisotopic (exact) mass is 271 g/mol. The topological polar surface area (TPSA) is 66.8 Å². The second kappa shape index (κ2) is 7.48. The minimum absolute atomic E-state index is 0.102. The molecule has 110 valence electrons. The van der Waals surface area contributed by atoms with E-state index in [1.165, 1.54) is 13.3 Å². The maximum Gasteiger partial charge on any atom is 0.332 e. The SMILES string of the molecule is CC(C)N(C(=O)CO[C@@H](C)C(=O)O)C1CCCCC1. The number of ether oxygens (including phenoxy) is 1. The molecular weight excluding hydrogens is 246 g/mol.